The van der Waals surface area contributed by atoms with Gasteiger partial charge in [0.2, 0.25) is 0 Å². The van der Waals surface area contributed by atoms with Crippen LogP contribution in [0.1, 0.15) is 26.2 Å². The zero-order valence-electron chi connectivity index (χ0n) is 18.9. The Hall–Kier alpha value is -2.13. The van der Waals surface area contributed by atoms with E-state index in [0.29, 0.717) is 0 Å². The van der Waals surface area contributed by atoms with Crippen molar-refractivity contribution in [3.63, 3.8) is 0 Å². The number of fused-ring (bicyclic) bond motifs is 1. The fourth-order valence-electron chi connectivity index (χ4n) is 6.58. The SMILES string of the molecule is CC1(N2CCN(c3cc4c(cnn4-c4cnn(C56CC(CO)(C5)C6)c4)cc3Cl)CC2)COC1. The molecule has 0 atom stereocenters. The number of aliphatic hydroxyl groups is 1. The Morgan fingerprint density at radius 1 is 1.06 bits per heavy atom. The molecular formula is C24H29ClN6O2. The van der Waals surface area contributed by atoms with Crippen molar-refractivity contribution < 1.29 is 9.84 Å². The van der Waals surface area contributed by atoms with Crippen molar-refractivity contribution in [1.82, 2.24) is 24.5 Å². The molecule has 3 saturated carbocycles. The van der Waals surface area contributed by atoms with Gasteiger partial charge < -0.3 is 14.7 Å². The number of hydrogen-bond acceptors (Lipinski definition) is 6. The first-order valence-corrected chi connectivity index (χ1v) is 12.2. The maximum absolute atomic E-state index is 9.58. The molecule has 1 aromatic carbocycles. The molecule has 9 heteroatoms. The lowest BCUT2D eigenvalue weighted by molar-refractivity contribution is -0.213. The number of aliphatic hydroxyl groups excluding tert-OH is 1. The van der Waals surface area contributed by atoms with Gasteiger partial charge in [0.05, 0.1) is 59.1 Å². The Morgan fingerprint density at radius 2 is 1.82 bits per heavy atom. The number of hydrogen-bond donors (Lipinski definition) is 1. The molecule has 0 radical (unpaired) electrons. The molecule has 0 spiro atoms. The van der Waals surface area contributed by atoms with Crippen molar-refractivity contribution in [2.45, 2.75) is 37.3 Å². The van der Waals surface area contributed by atoms with Crippen LogP contribution < -0.4 is 4.90 Å². The molecule has 2 aliphatic heterocycles. The van der Waals surface area contributed by atoms with E-state index in [4.69, 9.17) is 16.3 Å². The highest BCUT2D eigenvalue weighted by molar-refractivity contribution is 6.34. The van der Waals surface area contributed by atoms with Gasteiger partial charge in [0.1, 0.15) is 5.69 Å². The second-order valence-electron chi connectivity index (χ2n) is 10.9. The molecule has 0 unspecified atom stereocenters. The zero-order chi connectivity index (χ0) is 22.4. The quantitative estimate of drug-likeness (QED) is 0.620. The molecule has 1 N–H and O–H groups in total. The lowest BCUT2D eigenvalue weighted by Gasteiger charge is -2.69. The van der Waals surface area contributed by atoms with Gasteiger partial charge in [0.15, 0.2) is 0 Å². The molecule has 2 bridgehead atoms. The van der Waals surface area contributed by atoms with E-state index >= 15 is 0 Å². The van der Waals surface area contributed by atoms with Crippen LogP contribution in [0.4, 0.5) is 5.69 Å². The van der Waals surface area contributed by atoms with Gasteiger partial charge in [0, 0.05) is 43.6 Å². The molecule has 5 aliphatic rings. The van der Waals surface area contributed by atoms with Crippen LogP contribution in [-0.2, 0) is 10.3 Å². The minimum absolute atomic E-state index is 0.0974. The third-order valence-electron chi connectivity index (χ3n) is 8.59. The number of ether oxygens (including phenoxy) is 1. The normalized spacial score (nSPS) is 30.7. The second-order valence-corrected chi connectivity index (χ2v) is 11.3. The third-order valence-corrected chi connectivity index (χ3v) is 8.90. The van der Waals surface area contributed by atoms with Gasteiger partial charge in [-0.1, -0.05) is 11.6 Å². The average Bonchev–Trinajstić information content (AvgIpc) is 3.37. The number of aromatic nitrogens is 4. The number of rotatable bonds is 5. The summed E-state index contributed by atoms with van der Waals surface area (Å²) in [5, 5.41) is 20.7. The summed E-state index contributed by atoms with van der Waals surface area (Å²) in [6.45, 7) is 8.15. The Bertz CT molecular complexity index is 1220. The van der Waals surface area contributed by atoms with Crippen molar-refractivity contribution in [3.05, 3.63) is 35.7 Å². The summed E-state index contributed by atoms with van der Waals surface area (Å²) in [4.78, 5) is 4.93. The molecule has 3 aromatic rings. The maximum Gasteiger partial charge on any atom is 0.103 e. The predicted octanol–water partition coefficient (Wildman–Crippen LogP) is 2.66. The van der Waals surface area contributed by atoms with E-state index in [9.17, 15) is 5.11 Å². The van der Waals surface area contributed by atoms with Crippen molar-refractivity contribution in [1.29, 1.82) is 0 Å². The number of halogens is 1. The van der Waals surface area contributed by atoms with E-state index in [1.807, 2.05) is 23.1 Å². The van der Waals surface area contributed by atoms with E-state index in [2.05, 4.69) is 43.9 Å². The van der Waals surface area contributed by atoms with Crippen LogP contribution in [0.5, 0.6) is 0 Å². The summed E-state index contributed by atoms with van der Waals surface area (Å²) in [5.41, 5.74) is 3.51. The highest BCUT2D eigenvalue weighted by atomic mass is 35.5. The highest BCUT2D eigenvalue weighted by Gasteiger charge is 2.69. The van der Waals surface area contributed by atoms with Crippen molar-refractivity contribution in [2.75, 3.05) is 50.9 Å². The van der Waals surface area contributed by atoms with Gasteiger partial charge in [-0.05, 0) is 38.3 Å². The lowest BCUT2D eigenvalue weighted by atomic mass is 9.40. The van der Waals surface area contributed by atoms with Crippen molar-refractivity contribution in [2.24, 2.45) is 5.41 Å². The molecule has 8 nitrogen and oxygen atoms in total. The van der Waals surface area contributed by atoms with E-state index in [1.165, 1.54) is 0 Å². The summed E-state index contributed by atoms with van der Waals surface area (Å²) in [5.74, 6) is 0. The Kier molecular flexibility index (Phi) is 4.13. The Balaban J connectivity index is 1.15. The number of benzene rings is 1. The largest absolute Gasteiger partial charge is 0.396 e. The minimum atomic E-state index is 0.0974. The van der Waals surface area contributed by atoms with E-state index < -0.39 is 0 Å². The predicted molar refractivity (Wildman–Crippen MR) is 126 cm³/mol. The van der Waals surface area contributed by atoms with Crippen LogP contribution >= 0.6 is 11.6 Å². The van der Waals surface area contributed by atoms with Gasteiger partial charge in [-0.25, -0.2) is 4.68 Å². The standard InChI is InChI=1S/C24H29ClN6O2/c1-22(15-33-16-22)29-4-2-28(3-5-29)21-7-20-17(6-19(21)25)8-27-31(20)18-9-26-30(10-18)24-11-23(12-24,13-24)14-32/h6-10,32H,2-5,11-16H2,1H3. The van der Waals surface area contributed by atoms with Gasteiger partial charge in [-0.15, -0.1) is 0 Å². The first-order valence-electron chi connectivity index (χ1n) is 11.8. The monoisotopic (exact) mass is 468 g/mol. The molecule has 8 rings (SSSR count). The fourth-order valence-corrected chi connectivity index (χ4v) is 6.87. The molecule has 2 aromatic heterocycles. The molecule has 33 heavy (non-hydrogen) atoms. The van der Waals surface area contributed by atoms with E-state index in [0.717, 1.165) is 86.0 Å². The fraction of sp³-hybridized carbons (Fsp3) is 0.583. The summed E-state index contributed by atoms with van der Waals surface area (Å²) in [6, 6.07) is 4.20. The molecule has 4 heterocycles. The molecule has 0 amide bonds. The maximum atomic E-state index is 9.58. The summed E-state index contributed by atoms with van der Waals surface area (Å²) in [6.07, 6.45) is 8.94. The van der Waals surface area contributed by atoms with Gasteiger partial charge in [0.25, 0.3) is 0 Å². The average molecular weight is 469 g/mol. The number of piperazine rings is 1. The highest BCUT2D eigenvalue weighted by Crippen LogP contribution is 2.70. The summed E-state index contributed by atoms with van der Waals surface area (Å²) < 4.78 is 9.52. The first kappa shape index (κ1) is 20.3. The van der Waals surface area contributed by atoms with Crippen LogP contribution in [0.2, 0.25) is 5.02 Å². The lowest BCUT2D eigenvalue weighted by Crippen LogP contribution is -2.69. The molecular weight excluding hydrogens is 440 g/mol. The summed E-state index contributed by atoms with van der Waals surface area (Å²) >= 11 is 6.73. The Morgan fingerprint density at radius 3 is 2.48 bits per heavy atom. The second kappa shape index (κ2) is 6.72. The van der Waals surface area contributed by atoms with E-state index in [1.54, 1.807) is 0 Å². The van der Waals surface area contributed by atoms with Gasteiger partial charge >= 0.3 is 0 Å². The smallest absolute Gasteiger partial charge is 0.103 e. The van der Waals surface area contributed by atoms with Gasteiger partial charge in [-0.2, -0.15) is 10.2 Å². The number of anilines is 1. The van der Waals surface area contributed by atoms with Crippen LogP contribution in [0.15, 0.2) is 30.7 Å². The Labute approximate surface area is 197 Å². The van der Waals surface area contributed by atoms with Crippen LogP contribution in [-0.4, -0.2) is 81.1 Å². The van der Waals surface area contributed by atoms with Gasteiger partial charge in [-0.3, -0.25) is 9.58 Å². The van der Waals surface area contributed by atoms with Crippen LogP contribution in [0.3, 0.4) is 0 Å². The topological polar surface area (TPSA) is 71.6 Å². The minimum Gasteiger partial charge on any atom is -0.396 e. The molecule has 3 aliphatic carbocycles. The number of nitrogens with zero attached hydrogens (tertiary/aromatic N) is 6. The van der Waals surface area contributed by atoms with Crippen LogP contribution in [0.25, 0.3) is 16.6 Å². The first-order chi connectivity index (χ1) is 15.9. The molecule has 2 saturated heterocycles. The van der Waals surface area contributed by atoms with Crippen LogP contribution in [0, 0.1) is 5.41 Å². The third kappa shape index (κ3) is 2.81. The van der Waals surface area contributed by atoms with E-state index in [-0.39, 0.29) is 23.1 Å². The zero-order valence-corrected chi connectivity index (χ0v) is 19.6. The van der Waals surface area contributed by atoms with Crippen molar-refractivity contribution in [3.8, 4) is 5.69 Å². The molecule has 5 fully saturated rings. The molecule has 174 valence electrons. The van der Waals surface area contributed by atoms with Crippen molar-refractivity contribution >= 4 is 28.2 Å². The summed E-state index contributed by atoms with van der Waals surface area (Å²) in [7, 11) is 0.